The minimum absolute atomic E-state index is 0.0144. The van der Waals surface area contributed by atoms with E-state index in [1.54, 1.807) is 18.3 Å². The van der Waals surface area contributed by atoms with Crippen molar-refractivity contribution in [3.63, 3.8) is 0 Å². The molecule has 0 saturated heterocycles. The minimum atomic E-state index is -0.663. The Hall–Kier alpha value is -3.68. The molecule has 8 heteroatoms. The monoisotopic (exact) mass is 451 g/mol. The van der Waals surface area contributed by atoms with E-state index in [0.29, 0.717) is 28.6 Å². The average Bonchev–Trinajstić information content (AvgIpc) is 3.18. The zero-order chi connectivity index (χ0) is 23.1. The lowest BCUT2D eigenvalue weighted by Crippen LogP contribution is -2.42. The Balaban J connectivity index is 1.42. The number of primary amides is 1. The maximum absolute atomic E-state index is 14.3. The maximum Gasteiger partial charge on any atom is 0.249 e. The molecule has 33 heavy (non-hydrogen) atoms. The van der Waals surface area contributed by atoms with E-state index < -0.39 is 17.5 Å². The second-order valence-corrected chi connectivity index (χ2v) is 8.47. The van der Waals surface area contributed by atoms with Crippen molar-refractivity contribution in [2.45, 2.75) is 31.7 Å². The van der Waals surface area contributed by atoms with Gasteiger partial charge in [0.05, 0.1) is 11.3 Å². The van der Waals surface area contributed by atoms with Gasteiger partial charge in [-0.1, -0.05) is 0 Å². The molecule has 1 aliphatic carbocycles. The molecule has 0 spiro atoms. The molecular formula is C25H23F2N3O3. The van der Waals surface area contributed by atoms with E-state index in [2.05, 4.69) is 9.88 Å². The zero-order valence-electron chi connectivity index (χ0n) is 17.9. The maximum atomic E-state index is 14.3. The number of ketones is 1. The van der Waals surface area contributed by atoms with E-state index in [1.807, 2.05) is 0 Å². The second kappa shape index (κ2) is 8.35. The number of hydrogen-bond donors (Lipinski definition) is 2. The lowest BCUT2D eigenvalue weighted by Gasteiger charge is -2.41. The number of ether oxygens (including phenoxy) is 1. The van der Waals surface area contributed by atoms with Gasteiger partial charge in [0.25, 0.3) is 0 Å². The molecule has 1 fully saturated rings. The number of hydrogen-bond acceptors (Lipinski definition) is 4. The Morgan fingerprint density at radius 1 is 1.15 bits per heavy atom. The van der Waals surface area contributed by atoms with Crippen LogP contribution >= 0.6 is 0 Å². The molecule has 1 amide bonds. The van der Waals surface area contributed by atoms with Gasteiger partial charge >= 0.3 is 0 Å². The predicted molar refractivity (Wildman–Crippen MR) is 120 cm³/mol. The SMILES string of the molecule is NC(=O)c1ccc(F)c2c1C=C(N(CCC(=O)c1c[nH]c3ccc(F)cc13)C1CCC1)CO2. The van der Waals surface area contributed by atoms with E-state index >= 15 is 0 Å². The van der Waals surface area contributed by atoms with Crippen LogP contribution in [0.5, 0.6) is 5.75 Å². The largest absolute Gasteiger partial charge is 0.484 e. The van der Waals surface area contributed by atoms with Crippen LogP contribution in [-0.4, -0.2) is 40.8 Å². The summed E-state index contributed by atoms with van der Waals surface area (Å²) in [4.78, 5) is 30.0. The third-order valence-corrected chi connectivity index (χ3v) is 6.50. The van der Waals surface area contributed by atoms with Gasteiger partial charge in [-0.3, -0.25) is 9.59 Å². The Labute approximate surface area is 189 Å². The number of nitrogens with one attached hydrogen (secondary N) is 1. The van der Waals surface area contributed by atoms with Crippen LogP contribution in [0.3, 0.4) is 0 Å². The molecular weight excluding hydrogens is 428 g/mol. The number of fused-ring (bicyclic) bond motifs is 2. The van der Waals surface area contributed by atoms with Crippen LogP contribution in [0.25, 0.3) is 17.0 Å². The van der Waals surface area contributed by atoms with Crippen LogP contribution in [0, 0.1) is 11.6 Å². The number of H-pyrrole nitrogens is 1. The molecule has 2 aliphatic rings. The van der Waals surface area contributed by atoms with Gasteiger partial charge in [0.2, 0.25) is 5.91 Å². The van der Waals surface area contributed by atoms with Crippen LogP contribution in [-0.2, 0) is 0 Å². The molecule has 0 unspecified atom stereocenters. The van der Waals surface area contributed by atoms with E-state index in [9.17, 15) is 18.4 Å². The van der Waals surface area contributed by atoms with Crippen molar-refractivity contribution in [1.29, 1.82) is 0 Å². The molecule has 6 nitrogen and oxygen atoms in total. The molecule has 5 rings (SSSR count). The van der Waals surface area contributed by atoms with Crippen LogP contribution in [0.15, 0.2) is 42.2 Å². The highest BCUT2D eigenvalue weighted by atomic mass is 19.1. The van der Waals surface area contributed by atoms with E-state index in [-0.39, 0.29) is 36.2 Å². The number of nitrogens with zero attached hydrogens (tertiary/aromatic N) is 1. The lowest BCUT2D eigenvalue weighted by atomic mass is 9.90. The molecule has 3 N–H and O–H groups in total. The molecule has 2 aromatic carbocycles. The summed E-state index contributed by atoms with van der Waals surface area (Å²) in [5.74, 6) is -1.70. The van der Waals surface area contributed by atoms with Crippen LogP contribution < -0.4 is 10.5 Å². The first-order valence-corrected chi connectivity index (χ1v) is 10.9. The first kappa shape index (κ1) is 21.2. The summed E-state index contributed by atoms with van der Waals surface area (Å²) in [5.41, 5.74) is 7.93. The topological polar surface area (TPSA) is 88.4 Å². The molecule has 1 saturated carbocycles. The summed E-state index contributed by atoms with van der Waals surface area (Å²) in [5, 5.41) is 0.561. The fraction of sp³-hybridized carbons (Fsp3) is 0.280. The van der Waals surface area contributed by atoms with Gasteiger partial charge < -0.3 is 20.4 Å². The number of nitrogens with two attached hydrogens (primary N) is 1. The third-order valence-electron chi connectivity index (χ3n) is 6.50. The molecule has 1 aliphatic heterocycles. The van der Waals surface area contributed by atoms with Crippen molar-refractivity contribution in [3.05, 3.63) is 70.6 Å². The Morgan fingerprint density at radius 3 is 2.70 bits per heavy atom. The fourth-order valence-corrected chi connectivity index (χ4v) is 4.54. The molecule has 1 aromatic heterocycles. The highest BCUT2D eigenvalue weighted by Crippen LogP contribution is 2.36. The second-order valence-electron chi connectivity index (χ2n) is 8.47. The van der Waals surface area contributed by atoms with E-state index in [0.717, 1.165) is 25.0 Å². The normalized spacial score (nSPS) is 15.4. The Bertz CT molecular complexity index is 1290. The molecule has 0 bridgehead atoms. The predicted octanol–water partition coefficient (Wildman–Crippen LogP) is 4.41. The molecule has 2 heterocycles. The lowest BCUT2D eigenvalue weighted by molar-refractivity contribution is 0.0936. The zero-order valence-corrected chi connectivity index (χ0v) is 17.9. The number of carbonyl (C=O) groups is 2. The summed E-state index contributed by atoms with van der Waals surface area (Å²) < 4.78 is 33.6. The number of halogens is 2. The first-order valence-electron chi connectivity index (χ1n) is 10.9. The van der Waals surface area contributed by atoms with E-state index in [1.165, 1.54) is 24.3 Å². The molecule has 0 atom stereocenters. The summed E-state index contributed by atoms with van der Waals surface area (Å²) in [6.07, 6.45) is 6.61. The third kappa shape index (κ3) is 3.86. The average molecular weight is 451 g/mol. The number of aromatic amines is 1. The molecule has 170 valence electrons. The van der Waals surface area contributed by atoms with Crippen LogP contribution in [0.2, 0.25) is 0 Å². The van der Waals surface area contributed by atoms with Crippen molar-refractivity contribution in [3.8, 4) is 5.75 Å². The van der Waals surface area contributed by atoms with Gasteiger partial charge in [-0.2, -0.15) is 0 Å². The van der Waals surface area contributed by atoms with Crippen molar-refractivity contribution in [1.82, 2.24) is 9.88 Å². The van der Waals surface area contributed by atoms with Gasteiger partial charge in [-0.15, -0.1) is 0 Å². The minimum Gasteiger partial charge on any atom is -0.484 e. The summed E-state index contributed by atoms with van der Waals surface area (Å²) in [6.45, 7) is 0.562. The van der Waals surface area contributed by atoms with Gasteiger partial charge in [-0.05, 0) is 55.7 Å². The van der Waals surface area contributed by atoms with E-state index in [4.69, 9.17) is 10.5 Å². The number of amides is 1. The fourth-order valence-electron chi connectivity index (χ4n) is 4.54. The molecule has 3 aromatic rings. The highest BCUT2D eigenvalue weighted by molar-refractivity contribution is 6.08. The van der Waals surface area contributed by atoms with Crippen molar-refractivity contribution >= 4 is 28.7 Å². The summed E-state index contributed by atoms with van der Waals surface area (Å²) >= 11 is 0. The van der Waals surface area contributed by atoms with Gasteiger partial charge in [0.15, 0.2) is 17.3 Å². The van der Waals surface area contributed by atoms with Gasteiger partial charge in [0.1, 0.15) is 12.4 Å². The standard InChI is InChI=1S/C25H23F2N3O3/c26-14-4-7-22-18(10-14)20(12-29-22)23(31)8-9-30(15-2-1-3-15)16-11-19-17(25(28)32)5-6-21(27)24(19)33-13-16/h4-7,10-12,15,29H,1-3,8-9,13H2,(H2,28,32). The number of carbonyl (C=O) groups excluding carboxylic acids is 2. The summed E-state index contributed by atoms with van der Waals surface area (Å²) in [6, 6.07) is 7.08. The number of benzene rings is 2. The molecule has 0 radical (unpaired) electrons. The smallest absolute Gasteiger partial charge is 0.249 e. The van der Waals surface area contributed by atoms with Crippen LogP contribution in [0.1, 0.15) is 52.0 Å². The van der Waals surface area contributed by atoms with Gasteiger partial charge in [0, 0.05) is 47.2 Å². The number of aromatic nitrogens is 1. The van der Waals surface area contributed by atoms with Crippen LogP contribution in [0.4, 0.5) is 8.78 Å². The Kier molecular flexibility index (Phi) is 5.36. The van der Waals surface area contributed by atoms with Crippen molar-refractivity contribution < 1.29 is 23.1 Å². The highest BCUT2D eigenvalue weighted by Gasteiger charge is 2.30. The van der Waals surface area contributed by atoms with Crippen molar-refractivity contribution in [2.24, 2.45) is 5.73 Å². The first-order chi connectivity index (χ1) is 15.9. The number of rotatable bonds is 7. The quantitative estimate of drug-likeness (QED) is 0.521. The van der Waals surface area contributed by atoms with Gasteiger partial charge in [-0.25, -0.2) is 8.78 Å². The van der Waals surface area contributed by atoms with Crippen molar-refractivity contribution in [2.75, 3.05) is 13.2 Å². The number of Topliss-reactive ketones (excluding diaryl/α,β-unsaturated/α-hetero) is 1. The summed E-state index contributed by atoms with van der Waals surface area (Å²) in [7, 11) is 0. The Morgan fingerprint density at radius 2 is 1.97 bits per heavy atom.